The lowest BCUT2D eigenvalue weighted by Gasteiger charge is -2.38. The van der Waals surface area contributed by atoms with E-state index in [-0.39, 0.29) is 24.0 Å². The van der Waals surface area contributed by atoms with Crippen molar-refractivity contribution in [2.45, 2.75) is 51.2 Å². The van der Waals surface area contributed by atoms with Crippen LogP contribution in [0.15, 0.2) is 24.3 Å². The van der Waals surface area contributed by atoms with Gasteiger partial charge in [-0.05, 0) is 43.4 Å². The molecule has 0 aliphatic carbocycles. The molecule has 2 heterocycles. The summed E-state index contributed by atoms with van der Waals surface area (Å²) in [6, 6.07) is 8.02. The molecule has 1 aromatic carbocycles. The predicted octanol–water partition coefficient (Wildman–Crippen LogP) is 1.88. The van der Waals surface area contributed by atoms with Crippen molar-refractivity contribution in [3.05, 3.63) is 35.4 Å². The zero-order chi connectivity index (χ0) is 19.2. The van der Waals surface area contributed by atoms with Crippen molar-refractivity contribution in [3.8, 4) is 0 Å². The van der Waals surface area contributed by atoms with Crippen molar-refractivity contribution in [3.63, 3.8) is 0 Å². The first-order valence-electron chi connectivity index (χ1n) is 10.0. The van der Waals surface area contributed by atoms with Crippen LogP contribution in [0.4, 0.5) is 0 Å². The molecule has 1 aromatic rings. The minimum absolute atomic E-state index is 0.0364. The summed E-state index contributed by atoms with van der Waals surface area (Å²) in [5.41, 5.74) is 7.87. The fourth-order valence-corrected chi connectivity index (χ4v) is 4.15. The largest absolute Gasteiger partial charge is 0.378 e. The van der Waals surface area contributed by atoms with Crippen LogP contribution in [0.25, 0.3) is 0 Å². The smallest absolute Gasteiger partial charge is 0.224 e. The average molecular weight is 373 g/mol. The second-order valence-electron chi connectivity index (χ2n) is 7.47. The van der Waals surface area contributed by atoms with Crippen LogP contribution in [0, 0.1) is 0 Å². The van der Waals surface area contributed by atoms with Gasteiger partial charge in [0, 0.05) is 33.2 Å². The van der Waals surface area contributed by atoms with Crippen LogP contribution in [0.3, 0.4) is 0 Å². The first-order valence-corrected chi connectivity index (χ1v) is 10.0. The molecule has 27 heavy (non-hydrogen) atoms. The maximum absolute atomic E-state index is 12.9. The fourth-order valence-electron chi connectivity index (χ4n) is 4.15. The Hall–Kier alpha value is -1.92. The van der Waals surface area contributed by atoms with Gasteiger partial charge in [0.2, 0.25) is 11.8 Å². The van der Waals surface area contributed by atoms with Gasteiger partial charge in [-0.25, -0.2) is 0 Å². The summed E-state index contributed by atoms with van der Waals surface area (Å²) in [7, 11) is 0. The highest BCUT2D eigenvalue weighted by Gasteiger charge is 2.33. The average Bonchev–Trinajstić information content (AvgIpc) is 2.68. The van der Waals surface area contributed by atoms with Crippen LogP contribution < -0.4 is 5.73 Å². The molecule has 0 radical (unpaired) electrons. The Balaban J connectivity index is 1.60. The molecule has 0 unspecified atom stereocenters. The van der Waals surface area contributed by atoms with Gasteiger partial charge in [-0.2, -0.15) is 0 Å². The summed E-state index contributed by atoms with van der Waals surface area (Å²) in [6.45, 7) is 5.06. The molecule has 148 valence electrons. The van der Waals surface area contributed by atoms with Gasteiger partial charge in [0.25, 0.3) is 0 Å². The lowest BCUT2D eigenvalue weighted by atomic mass is 9.90. The topological polar surface area (TPSA) is 75.9 Å². The van der Waals surface area contributed by atoms with Gasteiger partial charge in [0.1, 0.15) is 0 Å². The number of nitrogens with two attached hydrogens (primary N) is 1. The number of rotatable bonds is 6. The number of nitrogens with zero attached hydrogens (tertiary/aromatic N) is 2. The van der Waals surface area contributed by atoms with E-state index in [1.807, 2.05) is 21.9 Å². The van der Waals surface area contributed by atoms with Crippen LogP contribution in [0.2, 0.25) is 0 Å². The first kappa shape index (κ1) is 19.8. The number of fused-ring (bicyclic) bond motifs is 1. The van der Waals surface area contributed by atoms with E-state index in [0.717, 1.165) is 44.3 Å². The Bertz CT molecular complexity index is 656. The van der Waals surface area contributed by atoms with E-state index in [1.165, 1.54) is 5.56 Å². The van der Waals surface area contributed by atoms with Crippen LogP contribution in [0.5, 0.6) is 0 Å². The van der Waals surface area contributed by atoms with E-state index in [9.17, 15) is 9.59 Å². The summed E-state index contributed by atoms with van der Waals surface area (Å²) < 4.78 is 5.83. The molecule has 1 saturated heterocycles. The second kappa shape index (κ2) is 9.33. The number of hydrogen-bond donors (Lipinski definition) is 1. The van der Waals surface area contributed by atoms with Gasteiger partial charge in [-0.3, -0.25) is 9.59 Å². The minimum Gasteiger partial charge on any atom is -0.378 e. The molecule has 2 aliphatic rings. The molecule has 2 aliphatic heterocycles. The van der Waals surface area contributed by atoms with Crippen molar-refractivity contribution in [1.29, 1.82) is 0 Å². The van der Waals surface area contributed by atoms with E-state index in [2.05, 4.69) is 12.1 Å². The molecule has 2 amide bonds. The van der Waals surface area contributed by atoms with Gasteiger partial charge < -0.3 is 20.3 Å². The second-order valence-corrected chi connectivity index (χ2v) is 7.47. The lowest BCUT2D eigenvalue weighted by molar-refractivity contribution is -0.138. The number of carbonyl (C=O) groups excluding carboxylic acids is 2. The van der Waals surface area contributed by atoms with E-state index in [0.29, 0.717) is 26.1 Å². The minimum atomic E-state index is -0.154. The van der Waals surface area contributed by atoms with Crippen LogP contribution in [0.1, 0.15) is 49.8 Å². The lowest BCUT2D eigenvalue weighted by Crippen LogP contribution is -2.45. The van der Waals surface area contributed by atoms with Crippen molar-refractivity contribution < 1.29 is 14.3 Å². The normalized spacial score (nSPS) is 20.4. The summed E-state index contributed by atoms with van der Waals surface area (Å²) >= 11 is 0. The van der Waals surface area contributed by atoms with Gasteiger partial charge >= 0.3 is 0 Å². The quantitative estimate of drug-likeness (QED) is 0.773. The van der Waals surface area contributed by atoms with E-state index < -0.39 is 0 Å². The molecule has 1 atom stereocenters. The molecular weight excluding hydrogens is 342 g/mol. The number of benzene rings is 1. The van der Waals surface area contributed by atoms with Crippen LogP contribution in [-0.2, 0) is 20.7 Å². The maximum Gasteiger partial charge on any atom is 0.224 e. The number of amides is 2. The standard InChI is InChI=1S/C21H31N3O3/c1-16(25)24-13-7-17-5-2-3-6-19(17)20(24)15-21(26)23-11-8-18(9-12-23)27-14-4-10-22/h2-3,5-6,18,20H,4,7-15,22H2,1H3/t20-/m0/s1. The SMILES string of the molecule is CC(=O)N1CCc2ccccc2[C@@H]1CC(=O)N1CCC(OCCCN)CC1. The van der Waals surface area contributed by atoms with E-state index in [1.54, 1.807) is 6.92 Å². The van der Waals surface area contributed by atoms with Gasteiger partial charge in [0.05, 0.1) is 18.6 Å². The molecular formula is C21H31N3O3. The number of piperidine rings is 1. The summed E-state index contributed by atoms with van der Waals surface area (Å²) in [6.07, 6.45) is 4.05. The highest BCUT2D eigenvalue weighted by Crippen LogP contribution is 2.33. The molecule has 0 aromatic heterocycles. The molecule has 0 saturated carbocycles. The third-order valence-electron chi connectivity index (χ3n) is 5.68. The Labute approximate surface area is 161 Å². The number of likely N-dealkylation sites (tertiary alicyclic amines) is 1. The third-order valence-corrected chi connectivity index (χ3v) is 5.68. The highest BCUT2D eigenvalue weighted by atomic mass is 16.5. The summed E-state index contributed by atoms with van der Waals surface area (Å²) in [5, 5.41) is 0. The summed E-state index contributed by atoms with van der Waals surface area (Å²) in [4.78, 5) is 28.8. The molecule has 6 nitrogen and oxygen atoms in total. The number of ether oxygens (including phenoxy) is 1. The maximum atomic E-state index is 12.9. The Morgan fingerprint density at radius 2 is 1.93 bits per heavy atom. The third kappa shape index (κ3) is 4.87. The van der Waals surface area contributed by atoms with E-state index >= 15 is 0 Å². The molecule has 0 bridgehead atoms. The molecule has 2 N–H and O–H groups in total. The van der Waals surface area contributed by atoms with Crippen LogP contribution >= 0.6 is 0 Å². The monoisotopic (exact) mass is 373 g/mol. The zero-order valence-electron chi connectivity index (χ0n) is 16.2. The van der Waals surface area contributed by atoms with E-state index in [4.69, 9.17) is 10.5 Å². The Morgan fingerprint density at radius 3 is 2.63 bits per heavy atom. The zero-order valence-corrected chi connectivity index (χ0v) is 16.2. The Kier molecular flexibility index (Phi) is 6.85. The van der Waals surface area contributed by atoms with Crippen LogP contribution in [-0.4, -0.2) is 60.5 Å². The molecule has 1 fully saturated rings. The summed E-state index contributed by atoms with van der Waals surface area (Å²) in [5.74, 6) is 0.165. The molecule has 0 spiro atoms. The van der Waals surface area contributed by atoms with Crippen molar-refractivity contribution in [2.24, 2.45) is 5.73 Å². The number of hydrogen-bond acceptors (Lipinski definition) is 4. The van der Waals surface area contributed by atoms with Crippen molar-refractivity contribution in [2.75, 3.05) is 32.8 Å². The fraction of sp³-hybridized carbons (Fsp3) is 0.619. The van der Waals surface area contributed by atoms with Crippen molar-refractivity contribution in [1.82, 2.24) is 9.80 Å². The van der Waals surface area contributed by atoms with Gasteiger partial charge in [-0.1, -0.05) is 24.3 Å². The predicted molar refractivity (Wildman–Crippen MR) is 104 cm³/mol. The highest BCUT2D eigenvalue weighted by molar-refractivity contribution is 5.80. The Morgan fingerprint density at radius 1 is 1.19 bits per heavy atom. The van der Waals surface area contributed by atoms with Gasteiger partial charge in [0.15, 0.2) is 0 Å². The molecule has 3 rings (SSSR count). The van der Waals surface area contributed by atoms with Gasteiger partial charge in [-0.15, -0.1) is 0 Å². The van der Waals surface area contributed by atoms with Crippen molar-refractivity contribution >= 4 is 11.8 Å². The number of carbonyl (C=O) groups is 2. The molecule has 6 heteroatoms. The first-order chi connectivity index (χ1) is 13.1.